The van der Waals surface area contributed by atoms with E-state index in [4.69, 9.17) is 9.47 Å². The largest absolute Gasteiger partial charge is 0.497 e. The molecule has 0 saturated carbocycles. The van der Waals surface area contributed by atoms with Crippen LogP contribution < -0.4 is 4.74 Å². The molecule has 0 aliphatic heterocycles. The fourth-order valence-electron chi connectivity index (χ4n) is 2.71. The van der Waals surface area contributed by atoms with Crippen LogP contribution in [-0.4, -0.2) is 13.1 Å². The molecule has 3 aromatic rings. The number of esters is 1. The summed E-state index contributed by atoms with van der Waals surface area (Å²) in [7, 11) is 1.58. The number of halogens is 2. The Hall–Kier alpha value is -3.47. The van der Waals surface area contributed by atoms with Crippen LogP contribution in [0.4, 0.5) is 8.78 Å². The average molecular weight is 394 g/mol. The highest BCUT2D eigenvalue weighted by atomic mass is 19.3. The van der Waals surface area contributed by atoms with Crippen molar-refractivity contribution in [1.82, 2.24) is 0 Å². The fraction of sp³-hybridized carbons (Fsp3) is 0.125. The molecular formula is C24H20F2O3. The number of rotatable bonds is 7. The molecule has 0 aliphatic carbocycles. The van der Waals surface area contributed by atoms with E-state index >= 15 is 0 Å². The zero-order valence-corrected chi connectivity index (χ0v) is 15.8. The zero-order chi connectivity index (χ0) is 20.7. The maximum absolute atomic E-state index is 14.4. The molecule has 0 amide bonds. The van der Waals surface area contributed by atoms with Gasteiger partial charge in [0.1, 0.15) is 12.4 Å². The van der Waals surface area contributed by atoms with Crippen LogP contribution in [0.3, 0.4) is 0 Å². The smallest absolute Gasteiger partial charge is 0.330 e. The number of hydrogen-bond donors (Lipinski definition) is 0. The summed E-state index contributed by atoms with van der Waals surface area (Å²) in [5, 5.41) is 0. The Bertz CT molecular complexity index is 963. The van der Waals surface area contributed by atoms with E-state index in [1.165, 1.54) is 12.1 Å². The first kappa shape index (κ1) is 20.3. The Morgan fingerprint density at radius 2 is 1.48 bits per heavy atom. The van der Waals surface area contributed by atoms with Crippen molar-refractivity contribution in [3.8, 4) is 16.9 Å². The SMILES string of the molecule is COc1ccc(-c2ccc(C(F)(F)/C=C/C(=O)OCc3ccccc3)cc2)cc1. The van der Waals surface area contributed by atoms with E-state index in [9.17, 15) is 13.6 Å². The molecule has 0 unspecified atom stereocenters. The third-order valence-electron chi connectivity index (χ3n) is 4.35. The molecule has 0 heterocycles. The van der Waals surface area contributed by atoms with Gasteiger partial charge in [-0.1, -0.05) is 66.7 Å². The predicted molar refractivity (Wildman–Crippen MR) is 108 cm³/mol. The topological polar surface area (TPSA) is 35.5 Å². The van der Waals surface area contributed by atoms with E-state index in [0.29, 0.717) is 6.08 Å². The van der Waals surface area contributed by atoms with Gasteiger partial charge in [-0.25, -0.2) is 4.79 Å². The van der Waals surface area contributed by atoms with Crippen LogP contribution in [0.25, 0.3) is 11.1 Å². The van der Waals surface area contributed by atoms with Gasteiger partial charge in [-0.15, -0.1) is 0 Å². The van der Waals surface area contributed by atoms with Crippen LogP contribution in [0.1, 0.15) is 11.1 Å². The summed E-state index contributed by atoms with van der Waals surface area (Å²) < 4.78 is 38.9. The van der Waals surface area contributed by atoms with Gasteiger partial charge in [0.2, 0.25) is 0 Å². The summed E-state index contributed by atoms with van der Waals surface area (Å²) in [6.07, 6.45) is 1.32. The number of methoxy groups -OCH3 is 1. The Kier molecular flexibility index (Phi) is 6.39. The molecular weight excluding hydrogens is 374 g/mol. The first-order chi connectivity index (χ1) is 14.0. The zero-order valence-electron chi connectivity index (χ0n) is 15.8. The van der Waals surface area contributed by atoms with E-state index < -0.39 is 11.9 Å². The van der Waals surface area contributed by atoms with Gasteiger partial charge in [-0.3, -0.25) is 0 Å². The molecule has 0 aromatic heterocycles. The van der Waals surface area contributed by atoms with E-state index in [-0.39, 0.29) is 12.2 Å². The van der Waals surface area contributed by atoms with Gasteiger partial charge < -0.3 is 9.47 Å². The van der Waals surface area contributed by atoms with Crippen molar-refractivity contribution in [3.05, 3.63) is 102 Å². The van der Waals surface area contributed by atoms with Crippen molar-refractivity contribution in [2.75, 3.05) is 7.11 Å². The van der Waals surface area contributed by atoms with Crippen LogP contribution in [0.5, 0.6) is 5.75 Å². The molecule has 3 rings (SSSR count). The van der Waals surface area contributed by atoms with Crippen LogP contribution in [-0.2, 0) is 22.1 Å². The monoisotopic (exact) mass is 394 g/mol. The summed E-state index contributed by atoms with van der Waals surface area (Å²) >= 11 is 0. The number of hydrogen-bond acceptors (Lipinski definition) is 3. The number of ether oxygens (including phenoxy) is 2. The van der Waals surface area contributed by atoms with Crippen LogP contribution in [0.15, 0.2) is 91.0 Å². The Balaban J connectivity index is 1.63. The molecule has 148 valence electrons. The number of benzene rings is 3. The molecule has 0 spiro atoms. The van der Waals surface area contributed by atoms with Gasteiger partial charge in [-0.05, 0) is 34.9 Å². The summed E-state index contributed by atoms with van der Waals surface area (Å²) in [5.74, 6) is -3.38. The molecule has 3 aromatic carbocycles. The first-order valence-electron chi connectivity index (χ1n) is 9.00. The highest BCUT2D eigenvalue weighted by Crippen LogP contribution is 2.31. The van der Waals surface area contributed by atoms with Crippen LogP contribution in [0, 0.1) is 0 Å². The molecule has 0 N–H and O–H groups in total. The predicted octanol–water partition coefficient (Wildman–Crippen LogP) is 5.75. The average Bonchev–Trinajstić information content (AvgIpc) is 2.77. The second-order valence-corrected chi connectivity index (χ2v) is 6.36. The first-order valence-corrected chi connectivity index (χ1v) is 9.00. The van der Waals surface area contributed by atoms with Gasteiger partial charge in [0.25, 0.3) is 5.92 Å². The normalized spacial score (nSPS) is 11.4. The lowest BCUT2D eigenvalue weighted by Crippen LogP contribution is -2.11. The minimum absolute atomic E-state index is 0.0339. The maximum atomic E-state index is 14.4. The Morgan fingerprint density at radius 1 is 0.897 bits per heavy atom. The summed E-state index contributed by atoms with van der Waals surface area (Å²) in [6.45, 7) is 0.0339. The maximum Gasteiger partial charge on any atom is 0.330 e. The third-order valence-corrected chi connectivity index (χ3v) is 4.35. The summed E-state index contributed by atoms with van der Waals surface area (Å²) in [6, 6.07) is 22.3. The number of carbonyl (C=O) groups is 1. The minimum atomic E-state index is -3.29. The molecule has 0 atom stereocenters. The quantitative estimate of drug-likeness (QED) is 0.378. The minimum Gasteiger partial charge on any atom is -0.497 e. The highest BCUT2D eigenvalue weighted by Gasteiger charge is 2.28. The van der Waals surface area contributed by atoms with E-state index in [2.05, 4.69) is 0 Å². The van der Waals surface area contributed by atoms with Gasteiger partial charge in [0.05, 0.1) is 7.11 Å². The lowest BCUT2D eigenvalue weighted by Gasteiger charge is -2.13. The van der Waals surface area contributed by atoms with Crippen molar-refractivity contribution >= 4 is 5.97 Å². The third kappa shape index (κ3) is 5.51. The summed E-state index contributed by atoms with van der Waals surface area (Å²) in [4.78, 5) is 11.7. The van der Waals surface area contributed by atoms with Crippen molar-refractivity contribution < 1.29 is 23.0 Å². The van der Waals surface area contributed by atoms with Crippen LogP contribution in [0.2, 0.25) is 0 Å². The molecule has 0 bridgehead atoms. The van der Waals surface area contributed by atoms with Crippen LogP contribution >= 0.6 is 0 Å². The second kappa shape index (κ2) is 9.15. The van der Waals surface area contributed by atoms with Gasteiger partial charge in [-0.2, -0.15) is 8.78 Å². The highest BCUT2D eigenvalue weighted by molar-refractivity contribution is 5.82. The number of alkyl halides is 2. The molecule has 3 nitrogen and oxygen atoms in total. The van der Waals surface area contributed by atoms with Crippen molar-refractivity contribution in [1.29, 1.82) is 0 Å². The van der Waals surface area contributed by atoms with E-state index in [0.717, 1.165) is 28.5 Å². The van der Waals surface area contributed by atoms with Gasteiger partial charge in [0, 0.05) is 11.6 Å². The van der Waals surface area contributed by atoms with E-state index in [1.54, 1.807) is 31.4 Å². The van der Waals surface area contributed by atoms with E-state index in [1.807, 2.05) is 42.5 Å². The number of allylic oxidation sites excluding steroid dienone is 1. The molecule has 0 radical (unpaired) electrons. The molecule has 5 heteroatoms. The Morgan fingerprint density at radius 3 is 2.07 bits per heavy atom. The fourth-order valence-corrected chi connectivity index (χ4v) is 2.71. The van der Waals surface area contributed by atoms with Gasteiger partial charge in [0.15, 0.2) is 0 Å². The molecule has 0 aliphatic rings. The second-order valence-electron chi connectivity index (χ2n) is 6.36. The summed E-state index contributed by atoms with van der Waals surface area (Å²) in [5.41, 5.74) is 2.27. The lowest BCUT2D eigenvalue weighted by atomic mass is 10.0. The standard InChI is InChI=1S/C24H20F2O3/c1-28-22-13-9-20(10-14-22)19-7-11-21(12-8-19)24(25,26)16-15-23(27)29-17-18-5-3-2-4-6-18/h2-16H,17H2,1H3/b16-15+. The Labute approximate surface area is 168 Å². The molecule has 29 heavy (non-hydrogen) atoms. The molecule has 0 saturated heterocycles. The van der Waals surface area contributed by atoms with Crippen molar-refractivity contribution in [2.24, 2.45) is 0 Å². The molecule has 0 fully saturated rings. The van der Waals surface area contributed by atoms with Crippen molar-refractivity contribution in [2.45, 2.75) is 12.5 Å². The van der Waals surface area contributed by atoms with Crippen molar-refractivity contribution in [3.63, 3.8) is 0 Å². The van der Waals surface area contributed by atoms with Gasteiger partial charge >= 0.3 is 5.97 Å². The number of carbonyl (C=O) groups excluding carboxylic acids is 1. The lowest BCUT2D eigenvalue weighted by molar-refractivity contribution is -0.139.